The van der Waals surface area contributed by atoms with Gasteiger partial charge in [-0.3, -0.25) is 9.80 Å². The fraction of sp³-hybridized carbons (Fsp3) is 0.343. The van der Waals surface area contributed by atoms with E-state index in [9.17, 15) is 4.79 Å². The van der Waals surface area contributed by atoms with Crippen LogP contribution in [0, 0.1) is 0 Å². The molecule has 0 saturated carbocycles. The Kier molecular flexibility index (Phi) is 8.14. The first kappa shape index (κ1) is 29.4. The number of likely N-dealkylation sites (tertiary alicyclic amines) is 1. The lowest BCUT2D eigenvalue weighted by Crippen LogP contribution is -2.45. The highest BCUT2D eigenvalue weighted by molar-refractivity contribution is 5.85. The number of hydrogen-bond donors (Lipinski definition) is 2. The van der Waals surface area contributed by atoms with Crippen molar-refractivity contribution in [2.24, 2.45) is 0 Å². The van der Waals surface area contributed by atoms with Crippen LogP contribution in [0.1, 0.15) is 50.9 Å². The summed E-state index contributed by atoms with van der Waals surface area (Å²) in [4.78, 5) is 28.5. The third-order valence-electron chi connectivity index (χ3n) is 8.25. The quantitative estimate of drug-likeness (QED) is 0.262. The van der Waals surface area contributed by atoms with Gasteiger partial charge in [0.15, 0.2) is 5.82 Å². The number of aromatic nitrogens is 2. The van der Waals surface area contributed by atoms with Gasteiger partial charge in [0.25, 0.3) is 0 Å². The normalized spacial score (nSPS) is 17.4. The van der Waals surface area contributed by atoms with Gasteiger partial charge in [-0.05, 0) is 75.1 Å². The van der Waals surface area contributed by atoms with Crippen LogP contribution < -0.4 is 20.9 Å². The fourth-order valence-electron chi connectivity index (χ4n) is 6.09. The third kappa shape index (κ3) is 6.33. The zero-order valence-electron chi connectivity index (χ0n) is 25.9. The van der Waals surface area contributed by atoms with Crippen molar-refractivity contribution >= 4 is 29.1 Å². The van der Waals surface area contributed by atoms with Gasteiger partial charge in [0.1, 0.15) is 17.6 Å². The molecule has 1 atom stereocenters. The molecule has 9 nitrogen and oxygen atoms in total. The number of anilines is 4. The van der Waals surface area contributed by atoms with E-state index in [2.05, 4.69) is 74.5 Å². The molecular weight excluding hydrogens is 550 g/mol. The van der Waals surface area contributed by atoms with E-state index in [-0.39, 0.29) is 18.3 Å². The summed E-state index contributed by atoms with van der Waals surface area (Å²) in [6.45, 7) is 8.34. The summed E-state index contributed by atoms with van der Waals surface area (Å²) in [5.41, 5.74) is 12.4. The first-order valence-electron chi connectivity index (χ1n) is 15.2. The van der Waals surface area contributed by atoms with Gasteiger partial charge < -0.3 is 20.7 Å². The lowest BCUT2D eigenvalue weighted by molar-refractivity contribution is 0.0477. The molecule has 4 heterocycles. The van der Waals surface area contributed by atoms with Crippen molar-refractivity contribution in [3.8, 4) is 11.1 Å². The van der Waals surface area contributed by atoms with Crippen LogP contribution in [0.2, 0.25) is 0 Å². The topological polar surface area (TPSA) is 99.9 Å². The zero-order valence-corrected chi connectivity index (χ0v) is 25.9. The Morgan fingerprint density at radius 2 is 1.70 bits per heavy atom. The van der Waals surface area contributed by atoms with E-state index in [1.807, 2.05) is 57.3 Å². The number of nitrogens with one attached hydrogen (secondary N) is 1. The van der Waals surface area contributed by atoms with Gasteiger partial charge in [-0.25, -0.2) is 14.8 Å². The summed E-state index contributed by atoms with van der Waals surface area (Å²) in [6, 6.07) is 25.4. The fourth-order valence-corrected chi connectivity index (χ4v) is 6.09. The number of hydrogen-bond acceptors (Lipinski definition) is 8. The summed E-state index contributed by atoms with van der Waals surface area (Å²) >= 11 is 0. The molecular formula is C35H41N7O2. The van der Waals surface area contributed by atoms with Crippen molar-refractivity contribution in [1.82, 2.24) is 20.2 Å². The Hall–Kier alpha value is -4.63. The second kappa shape index (κ2) is 12.2. The highest BCUT2D eigenvalue weighted by atomic mass is 16.6. The number of fused-ring (bicyclic) bond motifs is 1. The van der Waals surface area contributed by atoms with Gasteiger partial charge in [-0.2, -0.15) is 0 Å². The average Bonchev–Trinajstić information content (AvgIpc) is 3.29. The summed E-state index contributed by atoms with van der Waals surface area (Å²) < 4.78 is 5.43. The van der Waals surface area contributed by atoms with E-state index >= 15 is 0 Å². The molecule has 6 rings (SSSR count). The van der Waals surface area contributed by atoms with Crippen LogP contribution in [0.5, 0.6) is 0 Å². The zero-order chi connectivity index (χ0) is 30.8. The van der Waals surface area contributed by atoms with Crippen LogP contribution in [0.4, 0.5) is 27.8 Å². The molecule has 0 radical (unpaired) electrons. The number of rotatable bonds is 6. The average molecular weight is 592 g/mol. The Labute approximate surface area is 259 Å². The predicted molar refractivity (Wildman–Crippen MR) is 176 cm³/mol. The summed E-state index contributed by atoms with van der Waals surface area (Å²) in [5, 5.41) is 3.03. The molecule has 1 fully saturated rings. The largest absolute Gasteiger partial charge is 0.444 e. The number of nitrogens with two attached hydrogens (primary N) is 1. The molecule has 2 aromatic carbocycles. The molecule has 1 unspecified atom stereocenters. The predicted octanol–water partition coefficient (Wildman–Crippen LogP) is 6.50. The molecule has 228 valence electrons. The Morgan fingerprint density at radius 1 is 0.977 bits per heavy atom. The van der Waals surface area contributed by atoms with Crippen LogP contribution in [0.15, 0.2) is 85.2 Å². The Bertz CT molecular complexity index is 1600. The van der Waals surface area contributed by atoms with Gasteiger partial charge >= 0.3 is 6.09 Å². The van der Waals surface area contributed by atoms with E-state index in [4.69, 9.17) is 15.5 Å². The monoisotopic (exact) mass is 591 g/mol. The smallest absolute Gasteiger partial charge is 0.407 e. The maximum atomic E-state index is 12.2. The number of piperidine rings is 1. The molecule has 0 bridgehead atoms. The van der Waals surface area contributed by atoms with Crippen LogP contribution in [-0.4, -0.2) is 52.7 Å². The van der Waals surface area contributed by atoms with E-state index in [1.165, 1.54) is 5.56 Å². The SMILES string of the molecule is CN1c2cc(-c3ccccc3)cnc2N(c2ccc(CN3CCC(NC(=O)OC(C)(C)C)CC3)cc2)C1c1cccnc1N. The second-order valence-corrected chi connectivity index (χ2v) is 12.6. The van der Waals surface area contributed by atoms with Crippen molar-refractivity contribution in [3.05, 3.63) is 96.3 Å². The first-order chi connectivity index (χ1) is 21.2. The lowest BCUT2D eigenvalue weighted by Gasteiger charge is -2.33. The number of carbonyl (C=O) groups is 1. The number of benzene rings is 2. The number of amides is 1. The van der Waals surface area contributed by atoms with Crippen molar-refractivity contribution in [1.29, 1.82) is 0 Å². The second-order valence-electron chi connectivity index (χ2n) is 12.6. The lowest BCUT2D eigenvalue weighted by atomic mass is 10.0. The highest BCUT2D eigenvalue weighted by Gasteiger charge is 2.38. The van der Waals surface area contributed by atoms with Gasteiger partial charge in [0.2, 0.25) is 0 Å². The van der Waals surface area contributed by atoms with E-state index in [0.29, 0.717) is 5.82 Å². The minimum absolute atomic E-state index is 0.141. The maximum Gasteiger partial charge on any atom is 0.407 e. The molecule has 3 N–H and O–H groups in total. The number of nitrogens with zero attached hydrogens (tertiary/aromatic N) is 5. The molecule has 44 heavy (non-hydrogen) atoms. The Balaban J connectivity index is 1.20. The summed E-state index contributed by atoms with van der Waals surface area (Å²) in [5.74, 6) is 1.39. The van der Waals surface area contributed by atoms with Crippen molar-refractivity contribution in [2.75, 3.05) is 35.7 Å². The van der Waals surface area contributed by atoms with E-state index < -0.39 is 5.60 Å². The molecule has 0 spiro atoms. The van der Waals surface area contributed by atoms with Crippen molar-refractivity contribution in [2.45, 2.75) is 58.0 Å². The van der Waals surface area contributed by atoms with Gasteiger partial charge in [0.05, 0.1) is 5.69 Å². The molecule has 2 aromatic heterocycles. The van der Waals surface area contributed by atoms with Crippen LogP contribution >= 0.6 is 0 Å². The molecule has 2 aliphatic rings. The molecule has 4 aromatic rings. The van der Waals surface area contributed by atoms with Gasteiger partial charge in [-0.1, -0.05) is 42.5 Å². The molecule has 1 amide bonds. The van der Waals surface area contributed by atoms with Crippen molar-refractivity contribution in [3.63, 3.8) is 0 Å². The number of ether oxygens (including phenoxy) is 1. The summed E-state index contributed by atoms with van der Waals surface area (Å²) in [7, 11) is 2.09. The maximum absolute atomic E-state index is 12.2. The number of alkyl carbamates (subject to hydrolysis) is 1. The van der Waals surface area contributed by atoms with Crippen LogP contribution in [-0.2, 0) is 11.3 Å². The molecule has 0 aliphatic carbocycles. The minimum atomic E-state index is -0.491. The molecule has 9 heteroatoms. The van der Waals surface area contributed by atoms with Crippen LogP contribution in [0.3, 0.4) is 0 Å². The minimum Gasteiger partial charge on any atom is -0.444 e. The Morgan fingerprint density at radius 3 is 2.39 bits per heavy atom. The highest BCUT2D eigenvalue weighted by Crippen LogP contribution is 2.50. The third-order valence-corrected chi connectivity index (χ3v) is 8.25. The standard InChI is InChI=1S/C35H41N7O2/c1-35(2,3)44-34(43)39-27-16-19-41(20-17-27)23-24-12-14-28(15-13-24)42-32-30(21-26(22-38-32)25-9-6-5-7-10-25)40(4)33(42)29-11-8-18-37-31(29)36/h5-15,18,21-22,27,33H,16-17,19-20,23H2,1-4H3,(H2,36,37)(H,39,43). The van der Waals surface area contributed by atoms with E-state index in [1.54, 1.807) is 6.20 Å². The van der Waals surface area contributed by atoms with Crippen LogP contribution in [0.25, 0.3) is 11.1 Å². The summed E-state index contributed by atoms with van der Waals surface area (Å²) in [6.07, 6.45) is 4.94. The van der Waals surface area contributed by atoms with Crippen molar-refractivity contribution < 1.29 is 9.53 Å². The first-order valence-corrected chi connectivity index (χ1v) is 15.2. The number of pyridine rings is 2. The molecule has 1 saturated heterocycles. The van der Waals surface area contributed by atoms with Gasteiger partial charge in [0, 0.05) is 61.9 Å². The van der Waals surface area contributed by atoms with E-state index in [0.717, 1.165) is 66.4 Å². The number of carbonyl (C=O) groups excluding carboxylic acids is 1. The number of nitrogen functional groups attached to an aromatic ring is 1. The molecule has 2 aliphatic heterocycles. The van der Waals surface area contributed by atoms with Gasteiger partial charge in [-0.15, -0.1) is 0 Å².